The Bertz CT molecular complexity index is 675. The summed E-state index contributed by atoms with van der Waals surface area (Å²) in [6, 6.07) is 9.44. The highest BCUT2D eigenvalue weighted by molar-refractivity contribution is 9.10. The largest absolute Gasteiger partial charge is 0.497 e. The molecule has 0 heterocycles. The number of aryl methyl sites for hydroxylation is 3. The molecule has 2 nitrogen and oxygen atoms in total. The van der Waals surface area contributed by atoms with Crippen LogP contribution in [0, 0.1) is 20.8 Å². The van der Waals surface area contributed by atoms with E-state index in [1.807, 2.05) is 32.0 Å². The first kappa shape index (κ1) is 14.8. The predicted octanol–water partition coefficient (Wildman–Crippen LogP) is 4.61. The lowest BCUT2D eigenvalue weighted by molar-refractivity contribution is 0.103. The summed E-state index contributed by atoms with van der Waals surface area (Å²) in [6.45, 7) is 6.04. The Hall–Kier alpha value is -1.61. The van der Waals surface area contributed by atoms with Gasteiger partial charge in [-0.15, -0.1) is 0 Å². The Kier molecular flexibility index (Phi) is 4.29. The Morgan fingerprint density at radius 1 is 0.950 bits per heavy atom. The van der Waals surface area contributed by atoms with Crippen LogP contribution in [0.15, 0.2) is 34.8 Å². The van der Waals surface area contributed by atoms with Gasteiger partial charge in [0.05, 0.1) is 7.11 Å². The number of carbonyl (C=O) groups is 1. The van der Waals surface area contributed by atoms with E-state index in [2.05, 4.69) is 28.9 Å². The van der Waals surface area contributed by atoms with Crippen molar-refractivity contribution in [1.29, 1.82) is 0 Å². The van der Waals surface area contributed by atoms with Gasteiger partial charge in [0.1, 0.15) is 5.75 Å². The van der Waals surface area contributed by atoms with Crippen LogP contribution >= 0.6 is 15.9 Å². The van der Waals surface area contributed by atoms with Crippen molar-refractivity contribution in [2.45, 2.75) is 20.8 Å². The number of rotatable bonds is 3. The van der Waals surface area contributed by atoms with Crippen molar-refractivity contribution in [3.8, 4) is 5.75 Å². The summed E-state index contributed by atoms with van der Waals surface area (Å²) in [5, 5.41) is 0. The molecule has 0 radical (unpaired) electrons. The van der Waals surface area contributed by atoms with E-state index in [1.54, 1.807) is 13.2 Å². The van der Waals surface area contributed by atoms with E-state index in [0.717, 1.165) is 21.2 Å². The number of methoxy groups -OCH3 is 1. The van der Waals surface area contributed by atoms with Crippen molar-refractivity contribution in [2.75, 3.05) is 7.11 Å². The Balaban J connectivity index is 2.54. The quantitative estimate of drug-likeness (QED) is 0.767. The Labute approximate surface area is 127 Å². The third-order valence-corrected chi connectivity index (χ3v) is 4.19. The van der Waals surface area contributed by atoms with E-state index in [1.165, 1.54) is 5.56 Å². The lowest BCUT2D eigenvalue weighted by atomic mass is 9.95. The van der Waals surface area contributed by atoms with Gasteiger partial charge in [-0.25, -0.2) is 0 Å². The molecular formula is C17H17BrO2. The van der Waals surface area contributed by atoms with Gasteiger partial charge < -0.3 is 4.74 Å². The molecule has 0 amide bonds. The van der Waals surface area contributed by atoms with Gasteiger partial charge in [0.15, 0.2) is 5.78 Å². The molecule has 0 aromatic heterocycles. The zero-order valence-corrected chi connectivity index (χ0v) is 13.7. The summed E-state index contributed by atoms with van der Waals surface area (Å²) in [7, 11) is 1.60. The van der Waals surface area contributed by atoms with Crippen molar-refractivity contribution in [3.05, 3.63) is 62.6 Å². The van der Waals surface area contributed by atoms with E-state index < -0.39 is 0 Å². The summed E-state index contributed by atoms with van der Waals surface area (Å²) in [5.74, 6) is 0.689. The number of hydrogen-bond donors (Lipinski definition) is 0. The topological polar surface area (TPSA) is 26.3 Å². The van der Waals surface area contributed by atoms with Crippen LogP contribution in [0.3, 0.4) is 0 Å². The van der Waals surface area contributed by atoms with E-state index in [4.69, 9.17) is 4.74 Å². The maximum atomic E-state index is 12.7. The molecule has 2 aromatic carbocycles. The van der Waals surface area contributed by atoms with Crippen LogP contribution in [0.4, 0.5) is 0 Å². The van der Waals surface area contributed by atoms with Gasteiger partial charge in [0.2, 0.25) is 0 Å². The summed E-state index contributed by atoms with van der Waals surface area (Å²) >= 11 is 3.44. The minimum absolute atomic E-state index is 0.0105. The van der Waals surface area contributed by atoms with Crippen molar-refractivity contribution >= 4 is 21.7 Å². The minimum Gasteiger partial charge on any atom is -0.497 e. The molecule has 0 aliphatic rings. The summed E-state index contributed by atoms with van der Waals surface area (Å²) in [6.07, 6.45) is 0. The molecule has 0 spiro atoms. The van der Waals surface area contributed by atoms with Crippen LogP contribution < -0.4 is 4.74 Å². The Morgan fingerprint density at radius 2 is 1.60 bits per heavy atom. The molecule has 0 saturated carbocycles. The summed E-state index contributed by atoms with van der Waals surface area (Å²) in [5.41, 5.74) is 4.67. The first-order valence-electron chi connectivity index (χ1n) is 6.40. The fourth-order valence-electron chi connectivity index (χ4n) is 2.16. The van der Waals surface area contributed by atoms with Crippen molar-refractivity contribution in [2.24, 2.45) is 0 Å². The van der Waals surface area contributed by atoms with Crippen molar-refractivity contribution in [1.82, 2.24) is 0 Å². The molecule has 0 aliphatic carbocycles. The second kappa shape index (κ2) is 5.80. The predicted molar refractivity (Wildman–Crippen MR) is 84.8 cm³/mol. The molecule has 0 aliphatic heterocycles. The molecular weight excluding hydrogens is 316 g/mol. The van der Waals surface area contributed by atoms with Crippen LogP contribution in [0.5, 0.6) is 5.75 Å². The molecule has 104 valence electrons. The van der Waals surface area contributed by atoms with Crippen LogP contribution in [-0.4, -0.2) is 12.9 Å². The average molecular weight is 333 g/mol. The first-order valence-corrected chi connectivity index (χ1v) is 7.19. The summed E-state index contributed by atoms with van der Waals surface area (Å²) < 4.78 is 5.97. The molecule has 20 heavy (non-hydrogen) atoms. The molecule has 0 N–H and O–H groups in total. The van der Waals surface area contributed by atoms with Gasteiger partial charge in [-0.3, -0.25) is 4.79 Å². The molecule has 2 rings (SSSR count). The number of ether oxygens (including phenoxy) is 1. The smallest absolute Gasteiger partial charge is 0.194 e. The third kappa shape index (κ3) is 2.78. The van der Waals surface area contributed by atoms with Crippen molar-refractivity contribution in [3.63, 3.8) is 0 Å². The number of benzene rings is 2. The molecule has 0 saturated heterocycles. The van der Waals surface area contributed by atoms with Gasteiger partial charge in [-0.2, -0.15) is 0 Å². The number of hydrogen-bond acceptors (Lipinski definition) is 2. The molecule has 3 heteroatoms. The zero-order chi connectivity index (χ0) is 14.9. The van der Waals surface area contributed by atoms with Gasteiger partial charge >= 0.3 is 0 Å². The highest BCUT2D eigenvalue weighted by Crippen LogP contribution is 2.27. The molecule has 0 bridgehead atoms. The first-order chi connectivity index (χ1) is 9.43. The van der Waals surface area contributed by atoms with E-state index in [9.17, 15) is 4.79 Å². The number of ketones is 1. The maximum Gasteiger partial charge on any atom is 0.194 e. The highest BCUT2D eigenvalue weighted by atomic mass is 79.9. The number of carbonyl (C=O) groups excluding carboxylic acids is 1. The second-order valence-corrected chi connectivity index (χ2v) is 5.78. The minimum atomic E-state index is 0.0105. The standard InChI is InChI=1S/C17H17BrO2/c1-10-7-12(3)14(8-11(10)2)17(19)15-9-13(20-4)5-6-16(15)18/h5-9H,1-4H3. The lowest BCUT2D eigenvalue weighted by Crippen LogP contribution is -2.06. The maximum absolute atomic E-state index is 12.7. The van der Waals surface area contributed by atoms with Crippen LogP contribution in [0.1, 0.15) is 32.6 Å². The normalized spacial score (nSPS) is 10.4. The third-order valence-electron chi connectivity index (χ3n) is 3.50. The molecule has 2 aromatic rings. The lowest BCUT2D eigenvalue weighted by Gasteiger charge is -2.11. The van der Waals surface area contributed by atoms with Crippen LogP contribution in [0.2, 0.25) is 0 Å². The SMILES string of the molecule is COc1ccc(Br)c(C(=O)c2cc(C)c(C)cc2C)c1. The molecule has 0 fully saturated rings. The Morgan fingerprint density at radius 3 is 2.25 bits per heavy atom. The second-order valence-electron chi connectivity index (χ2n) is 4.93. The zero-order valence-electron chi connectivity index (χ0n) is 12.1. The average Bonchev–Trinajstić information content (AvgIpc) is 2.42. The van der Waals surface area contributed by atoms with E-state index in [-0.39, 0.29) is 5.78 Å². The monoisotopic (exact) mass is 332 g/mol. The van der Waals surface area contributed by atoms with E-state index in [0.29, 0.717) is 11.3 Å². The number of halogens is 1. The summed E-state index contributed by atoms with van der Waals surface area (Å²) in [4.78, 5) is 12.7. The van der Waals surface area contributed by atoms with Crippen LogP contribution in [0.25, 0.3) is 0 Å². The molecule has 0 unspecified atom stereocenters. The van der Waals surface area contributed by atoms with Gasteiger partial charge in [0, 0.05) is 15.6 Å². The highest BCUT2D eigenvalue weighted by Gasteiger charge is 2.16. The van der Waals surface area contributed by atoms with Gasteiger partial charge in [-0.1, -0.05) is 22.0 Å². The van der Waals surface area contributed by atoms with Crippen LogP contribution in [-0.2, 0) is 0 Å². The fourth-order valence-corrected chi connectivity index (χ4v) is 2.58. The fraction of sp³-hybridized carbons (Fsp3) is 0.235. The van der Waals surface area contributed by atoms with Gasteiger partial charge in [-0.05, 0) is 61.7 Å². The molecule has 0 atom stereocenters. The van der Waals surface area contributed by atoms with Gasteiger partial charge in [0.25, 0.3) is 0 Å². The van der Waals surface area contributed by atoms with E-state index >= 15 is 0 Å². The van der Waals surface area contributed by atoms with Crippen molar-refractivity contribution < 1.29 is 9.53 Å².